The highest BCUT2D eigenvalue weighted by Crippen LogP contribution is 2.10. The second-order valence-electron chi connectivity index (χ2n) is 3.29. The molecule has 1 heterocycles. The van der Waals surface area contributed by atoms with E-state index in [0.717, 1.165) is 0 Å². The van der Waals surface area contributed by atoms with Crippen molar-refractivity contribution in [3.63, 3.8) is 0 Å². The minimum Gasteiger partial charge on any atom is -0.399 e. The molecule has 2 rings (SSSR count). The molecule has 0 aliphatic heterocycles. The zero-order valence-electron chi connectivity index (χ0n) is 8.34. The fourth-order valence-corrected chi connectivity index (χ4v) is 1.38. The van der Waals surface area contributed by atoms with Crippen molar-refractivity contribution in [2.45, 2.75) is 0 Å². The van der Waals surface area contributed by atoms with Gasteiger partial charge < -0.3 is 5.73 Å². The molecule has 15 heavy (non-hydrogen) atoms. The zero-order valence-corrected chi connectivity index (χ0v) is 8.34. The van der Waals surface area contributed by atoms with Crippen molar-refractivity contribution in [1.82, 2.24) is 9.78 Å². The first-order valence-corrected chi connectivity index (χ1v) is 4.57. The fraction of sp³-hybridized carbons (Fsp3) is 0.0909. The summed E-state index contributed by atoms with van der Waals surface area (Å²) in [6.45, 7) is 0. The summed E-state index contributed by atoms with van der Waals surface area (Å²) >= 11 is 0. The normalized spacial score (nSPS) is 10.2. The lowest BCUT2D eigenvalue weighted by molar-refractivity contribution is 0.103. The van der Waals surface area contributed by atoms with Crippen molar-refractivity contribution in [3.8, 4) is 0 Å². The lowest BCUT2D eigenvalue weighted by atomic mass is 10.1. The van der Waals surface area contributed by atoms with Gasteiger partial charge in [0, 0.05) is 24.5 Å². The van der Waals surface area contributed by atoms with E-state index in [4.69, 9.17) is 5.73 Å². The van der Waals surface area contributed by atoms with E-state index >= 15 is 0 Å². The number of benzene rings is 1. The van der Waals surface area contributed by atoms with Crippen LogP contribution >= 0.6 is 0 Å². The number of ketones is 1. The van der Waals surface area contributed by atoms with Gasteiger partial charge in [-0.15, -0.1) is 0 Å². The van der Waals surface area contributed by atoms with E-state index in [0.29, 0.717) is 16.9 Å². The van der Waals surface area contributed by atoms with Crippen LogP contribution in [0.1, 0.15) is 16.1 Å². The van der Waals surface area contributed by atoms with Gasteiger partial charge in [-0.1, -0.05) is 0 Å². The number of anilines is 1. The molecule has 0 aliphatic rings. The zero-order chi connectivity index (χ0) is 10.8. The molecule has 0 bridgehead atoms. The lowest BCUT2D eigenvalue weighted by Crippen LogP contribution is -2.08. The molecule has 76 valence electrons. The minimum absolute atomic E-state index is 0.0463. The Kier molecular flexibility index (Phi) is 2.25. The van der Waals surface area contributed by atoms with Crippen molar-refractivity contribution in [2.24, 2.45) is 7.05 Å². The van der Waals surface area contributed by atoms with E-state index in [9.17, 15) is 4.79 Å². The van der Waals surface area contributed by atoms with Crippen molar-refractivity contribution < 1.29 is 4.79 Å². The Bertz CT molecular complexity index is 485. The summed E-state index contributed by atoms with van der Waals surface area (Å²) in [6.07, 6.45) is 1.60. The second-order valence-corrected chi connectivity index (χ2v) is 3.29. The van der Waals surface area contributed by atoms with Crippen LogP contribution in [-0.2, 0) is 7.05 Å². The molecule has 0 atom stereocenters. The van der Waals surface area contributed by atoms with E-state index in [1.807, 2.05) is 0 Å². The van der Waals surface area contributed by atoms with Gasteiger partial charge in [-0.2, -0.15) is 5.10 Å². The monoisotopic (exact) mass is 201 g/mol. The van der Waals surface area contributed by atoms with Crippen molar-refractivity contribution >= 4 is 11.5 Å². The van der Waals surface area contributed by atoms with Crippen LogP contribution < -0.4 is 5.73 Å². The molecule has 0 aliphatic carbocycles. The van der Waals surface area contributed by atoms with Gasteiger partial charge in [-0.3, -0.25) is 9.48 Å². The quantitative estimate of drug-likeness (QED) is 0.587. The molecule has 1 aromatic heterocycles. The molecule has 4 heteroatoms. The molecule has 0 radical (unpaired) electrons. The number of carbonyl (C=O) groups excluding carboxylic acids is 1. The van der Waals surface area contributed by atoms with E-state index in [1.165, 1.54) is 0 Å². The summed E-state index contributed by atoms with van der Waals surface area (Å²) in [6, 6.07) is 8.54. The molecule has 0 fully saturated rings. The van der Waals surface area contributed by atoms with Gasteiger partial charge in [0.25, 0.3) is 0 Å². The van der Waals surface area contributed by atoms with Gasteiger partial charge in [-0.25, -0.2) is 0 Å². The third-order valence-electron chi connectivity index (χ3n) is 2.23. The third-order valence-corrected chi connectivity index (χ3v) is 2.23. The second kappa shape index (κ2) is 3.57. The van der Waals surface area contributed by atoms with E-state index in [2.05, 4.69) is 5.10 Å². The number of carbonyl (C=O) groups is 1. The van der Waals surface area contributed by atoms with Gasteiger partial charge >= 0.3 is 0 Å². The van der Waals surface area contributed by atoms with Crippen LogP contribution in [0.4, 0.5) is 5.69 Å². The highest BCUT2D eigenvalue weighted by atomic mass is 16.1. The summed E-state index contributed by atoms with van der Waals surface area (Å²) in [4.78, 5) is 11.9. The minimum atomic E-state index is -0.0463. The predicted octanol–water partition coefficient (Wildman–Crippen LogP) is 1.23. The Hall–Kier alpha value is -2.10. The Morgan fingerprint density at radius 2 is 1.93 bits per heavy atom. The fourth-order valence-electron chi connectivity index (χ4n) is 1.38. The predicted molar refractivity (Wildman–Crippen MR) is 57.5 cm³/mol. The maximum atomic E-state index is 11.9. The number of aryl methyl sites for hydroxylation is 1. The maximum Gasteiger partial charge on any atom is 0.211 e. The molecule has 0 saturated carbocycles. The third kappa shape index (κ3) is 1.74. The van der Waals surface area contributed by atoms with Crippen molar-refractivity contribution in [1.29, 1.82) is 0 Å². The Labute approximate surface area is 87.3 Å². The topological polar surface area (TPSA) is 60.9 Å². The molecule has 1 aromatic carbocycles. The van der Waals surface area contributed by atoms with Crippen LogP contribution in [-0.4, -0.2) is 15.6 Å². The summed E-state index contributed by atoms with van der Waals surface area (Å²) in [5.74, 6) is -0.0463. The summed E-state index contributed by atoms with van der Waals surface area (Å²) in [7, 11) is 1.74. The van der Waals surface area contributed by atoms with Gasteiger partial charge in [0.05, 0.1) is 0 Å². The molecule has 2 aromatic rings. The molecule has 4 nitrogen and oxygen atoms in total. The first-order chi connectivity index (χ1) is 7.18. The molecular formula is C11H11N3O. The Morgan fingerprint density at radius 1 is 1.27 bits per heavy atom. The summed E-state index contributed by atoms with van der Waals surface area (Å²) in [5, 5.41) is 3.95. The number of hydrogen-bond donors (Lipinski definition) is 1. The average molecular weight is 201 g/mol. The first-order valence-electron chi connectivity index (χ1n) is 4.57. The summed E-state index contributed by atoms with van der Waals surface area (Å²) < 4.78 is 1.55. The number of nitrogen functional groups attached to an aromatic ring is 1. The number of rotatable bonds is 2. The number of nitrogens with two attached hydrogens (primary N) is 1. The summed E-state index contributed by atoms with van der Waals surface area (Å²) in [5.41, 5.74) is 7.38. The number of nitrogens with zero attached hydrogens (tertiary/aromatic N) is 2. The standard InChI is InChI=1S/C11H11N3O/c1-14-10(6-7-13-14)11(15)8-2-4-9(12)5-3-8/h2-7H,12H2,1H3. The SMILES string of the molecule is Cn1nccc1C(=O)c1ccc(N)cc1. The van der Waals surface area contributed by atoms with Crippen molar-refractivity contribution in [3.05, 3.63) is 47.8 Å². The molecule has 0 unspecified atom stereocenters. The van der Waals surface area contributed by atoms with Crippen LogP contribution in [0.25, 0.3) is 0 Å². The highest BCUT2D eigenvalue weighted by molar-refractivity contribution is 6.07. The van der Waals surface area contributed by atoms with Gasteiger partial charge in [0.15, 0.2) is 0 Å². The molecule has 0 amide bonds. The van der Waals surface area contributed by atoms with Crippen LogP contribution in [0.2, 0.25) is 0 Å². The van der Waals surface area contributed by atoms with Gasteiger partial charge in [0.1, 0.15) is 5.69 Å². The van der Waals surface area contributed by atoms with E-state index in [-0.39, 0.29) is 5.78 Å². The number of aromatic nitrogens is 2. The molecular weight excluding hydrogens is 190 g/mol. The van der Waals surface area contributed by atoms with E-state index < -0.39 is 0 Å². The first kappa shape index (κ1) is 9.45. The van der Waals surface area contributed by atoms with E-state index in [1.54, 1.807) is 48.3 Å². The molecule has 0 spiro atoms. The average Bonchev–Trinajstić information content (AvgIpc) is 2.65. The van der Waals surface area contributed by atoms with Crippen LogP contribution in [0, 0.1) is 0 Å². The lowest BCUT2D eigenvalue weighted by Gasteiger charge is -2.01. The maximum absolute atomic E-state index is 11.9. The van der Waals surface area contributed by atoms with Crippen LogP contribution in [0.3, 0.4) is 0 Å². The van der Waals surface area contributed by atoms with Gasteiger partial charge in [-0.05, 0) is 30.3 Å². The largest absolute Gasteiger partial charge is 0.399 e. The van der Waals surface area contributed by atoms with Crippen LogP contribution in [0.5, 0.6) is 0 Å². The van der Waals surface area contributed by atoms with Gasteiger partial charge in [0.2, 0.25) is 5.78 Å². The highest BCUT2D eigenvalue weighted by Gasteiger charge is 2.11. The smallest absolute Gasteiger partial charge is 0.211 e. The molecule has 2 N–H and O–H groups in total. The van der Waals surface area contributed by atoms with Crippen LogP contribution in [0.15, 0.2) is 36.5 Å². The Morgan fingerprint density at radius 3 is 2.47 bits per heavy atom. The van der Waals surface area contributed by atoms with Crippen molar-refractivity contribution in [2.75, 3.05) is 5.73 Å². The number of hydrogen-bond acceptors (Lipinski definition) is 3. The Balaban J connectivity index is 2.37. The molecule has 0 saturated heterocycles.